The summed E-state index contributed by atoms with van der Waals surface area (Å²) < 4.78 is 1.58. The van der Waals surface area contributed by atoms with Crippen molar-refractivity contribution in [1.82, 2.24) is 0 Å². The number of hydrogen-bond acceptors (Lipinski definition) is 0. The van der Waals surface area contributed by atoms with E-state index in [-0.39, 0.29) is 0 Å². The van der Waals surface area contributed by atoms with Gasteiger partial charge in [-0.2, -0.15) is 0 Å². The van der Waals surface area contributed by atoms with E-state index in [1.165, 1.54) is 11.1 Å². The molecule has 0 aromatic heterocycles. The quantitative estimate of drug-likeness (QED) is 0.728. The van der Waals surface area contributed by atoms with Crippen molar-refractivity contribution in [3.63, 3.8) is 0 Å². The van der Waals surface area contributed by atoms with Crippen molar-refractivity contribution in [3.05, 3.63) is 54.6 Å². The molecule has 2 rings (SSSR count). The first-order chi connectivity index (χ1) is 7.59. The van der Waals surface area contributed by atoms with Gasteiger partial charge in [0.1, 0.15) is 0 Å². The van der Waals surface area contributed by atoms with Crippen LogP contribution in [0.3, 0.4) is 0 Å². The summed E-state index contributed by atoms with van der Waals surface area (Å²) in [7, 11) is 0. The molecule has 1 heteroatoms. The zero-order valence-electron chi connectivity index (χ0n) is 10.1. The molecule has 0 heterocycles. The van der Waals surface area contributed by atoms with Gasteiger partial charge in [-0.3, -0.25) is 0 Å². The summed E-state index contributed by atoms with van der Waals surface area (Å²) in [6, 6.07) is 19.5. The van der Waals surface area contributed by atoms with E-state index in [1.54, 1.807) is 4.35 Å². The van der Waals surface area contributed by atoms with Crippen LogP contribution in [0.1, 0.15) is 0 Å². The molecule has 0 nitrogen and oxygen atoms in total. The Labute approximate surface area is 101 Å². The summed E-state index contributed by atoms with van der Waals surface area (Å²) in [6.45, 7) is 0. The van der Waals surface area contributed by atoms with Crippen LogP contribution in [0.15, 0.2) is 54.6 Å². The fourth-order valence-electron chi connectivity index (χ4n) is 1.92. The van der Waals surface area contributed by atoms with Crippen LogP contribution < -0.4 is 4.35 Å². The van der Waals surface area contributed by atoms with Crippen LogP contribution in [0, 0.1) is 0 Å². The standard InChI is InChI=1S/C15H18As/c1-16(2,3)15-12-8-7-11-14(15)13-9-5-4-6-10-13/h4-12H,1-3H3/q+1. The zero-order valence-corrected chi connectivity index (χ0v) is 12.0. The first kappa shape index (κ1) is 11.5. The molecular formula is C15H18As+. The molecule has 0 unspecified atom stereocenters. The Balaban J connectivity index is 2.58. The number of benzene rings is 2. The third-order valence-corrected chi connectivity index (χ3v) is 6.56. The Morgan fingerprint density at radius 3 is 1.88 bits per heavy atom. The molecule has 2 aromatic carbocycles. The monoisotopic (exact) mass is 273 g/mol. The summed E-state index contributed by atoms with van der Waals surface area (Å²) in [5.41, 5.74) is 10.1. The Hall–Kier alpha value is -1.00. The normalized spacial score (nSPS) is 11.4. The minimum atomic E-state index is -1.60. The van der Waals surface area contributed by atoms with Crippen molar-refractivity contribution < 1.29 is 0 Å². The van der Waals surface area contributed by atoms with Gasteiger partial charge in [-0.15, -0.1) is 0 Å². The topological polar surface area (TPSA) is 0 Å². The molecule has 0 atom stereocenters. The van der Waals surface area contributed by atoms with Gasteiger partial charge in [0.25, 0.3) is 0 Å². The van der Waals surface area contributed by atoms with E-state index < -0.39 is 13.6 Å². The summed E-state index contributed by atoms with van der Waals surface area (Å²) in [6.07, 6.45) is 0. The van der Waals surface area contributed by atoms with Crippen molar-refractivity contribution >= 4 is 17.9 Å². The Bertz CT molecular complexity index is 466. The average molecular weight is 273 g/mol. The van der Waals surface area contributed by atoms with E-state index in [0.29, 0.717) is 0 Å². The Kier molecular flexibility index (Phi) is 3.21. The predicted octanol–water partition coefficient (Wildman–Crippen LogP) is 3.90. The van der Waals surface area contributed by atoms with Gasteiger partial charge in [-0.05, 0) is 0 Å². The maximum atomic E-state index is 2.43. The van der Waals surface area contributed by atoms with Gasteiger partial charge >= 0.3 is 101 Å². The van der Waals surface area contributed by atoms with E-state index in [9.17, 15) is 0 Å². The van der Waals surface area contributed by atoms with Gasteiger partial charge in [0, 0.05) is 0 Å². The van der Waals surface area contributed by atoms with Gasteiger partial charge in [-0.25, -0.2) is 0 Å². The summed E-state index contributed by atoms with van der Waals surface area (Å²) in [4.78, 5) is 0. The first-order valence-electron chi connectivity index (χ1n) is 5.55. The molecule has 0 bridgehead atoms. The average Bonchev–Trinajstić information content (AvgIpc) is 2.29. The third-order valence-electron chi connectivity index (χ3n) is 2.71. The molecule has 0 radical (unpaired) electrons. The van der Waals surface area contributed by atoms with Crippen LogP contribution in [0.4, 0.5) is 0 Å². The molecule has 0 saturated heterocycles. The van der Waals surface area contributed by atoms with Gasteiger partial charge in [0.05, 0.1) is 0 Å². The second-order valence-electron chi connectivity index (χ2n) is 4.90. The van der Waals surface area contributed by atoms with E-state index in [0.717, 1.165) is 0 Å². The molecule has 0 aliphatic heterocycles. The van der Waals surface area contributed by atoms with Crippen molar-refractivity contribution in [2.75, 3.05) is 0 Å². The van der Waals surface area contributed by atoms with Crippen LogP contribution in [0.2, 0.25) is 17.1 Å². The fourth-order valence-corrected chi connectivity index (χ4v) is 4.98. The van der Waals surface area contributed by atoms with Crippen LogP contribution in [-0.2, 0) is 0 Å². The van der Waals surface area contributed by atoms with E-state index in [2.05, 4.69) is 71.7 Å². The van der Waals surface area contributed by atoms with Crippen molar-refractivity contribution in [2.45, 2.75) is 17.1 Å². The number of rotatable bonds is 2. The second-order valence-corrected chi connectivity index (χ2v) is 14.4. The third kappa shape index (κ3) is 2.39. The van der Waals surface area contributed by atoms with E-state index in [1.807, 2.05) is 0 Å². The molecule has 0 aliphatic carbocycles. The van der Waals surface area contributed by atoms with Crippen molar-refractivity contribution in [3.8, 4) is 11.1 Å². The Morgan fingerprint density at radius 1 is 0.688 bits per heavy atom. The molecule has 0 spiro atoms. The summed E-state index contributed by atoms with van der Waals surface area (Å²) in [5.74, 6) is 0. The molecule has 2 aromatic rings. The Morgan fingerprint density at radius 2 is 1.25 bits per heavy atom. The molecular weight excluding hydrogens is 255 g/mol. The van der Waals surface area contributed by atoms with Gasteiger partial charge < -0.3 is 0 Å². The minimum absolute atomic E-state index is 1.34. The van der Waals surface area contributed by atoms with Crippen LogP contribution in [0.25, 0.3) is 11.1 Å². The SMILES string of the molecule is C[As+](C)(C)c1ccccc1-c1ccccc1. The molecule has 0 saturated carbocycles. The second kappa shape index (κ2) is 4.47. The zero-order chi connectivity index (χ0) is 11.6. The molecule has 82 valence electrons. The van der Waals surface area contributed by atoms with Crippen LogP contribution in [0.5, 0.6) is 0 Å². The molecule has 0 fully saturated rings. The first-order valence-corrected chi connectivity index (χ1v) is 12.1. The van der Waals surface area contributed by atoms with Gasteiger partial charge in [0.2, 0.25) is 0 Å². The van der Waals surface area contributed by atoms with E-state index >= 15 is 0 Å². The van der Waals surface area contributed by atoms with Crippen molar-refractivity contribution in [2.24, 2.45) is 0 Å². The molecule has 0 aliphatic rings. The summed E-state index contributed by atoms with van der Waals surface area (Å²) >= 11 is -1.60. The summed E-state index contributed by atoms with van der Waals surface area (Å²) in [5, 5.41) is 0. The molecule has 0 N–H and O–H groups in total. The van der Waals surface area contributed by atoms with Crippen LogP contribution >= 0.6 is 0 Å². The predicted molar refractivity (Wildman–Crippen MR) is 74.9 cm³/mol. The van der Waals surface area contributed by atoms with E-state index in [4.69, 9.17) is 0 Å². The van der Waals surface area contributed by atoms with Gasteiger partial charge in [0.15, 0.2) is 0 Å². The maximum absolute atomic E-state index is 2.43. The van der Waals surface area contributed by atoms with Crippen molar-refractivity contribution in [1.29, 1.82) is 0 Å². The van der Waals surface area contributed by atoms with Crippen LogP contribution in [-0.4, -0.2) is 13.6 Å². The van der Waals surface area contributed by atoms with Gasteiger partial charge in [-0.1, -0.05) is 0 Å². The molecule has 16 heavy (non-hydrogen) atoms. The molecule has 0 amide bonds. The number of hydrogen-bond donors (Lipinski definition) is 0. The fraction of sp³-hybridized carbons (Fsp3) is 0.200.